The molecule has 1 heterocycles. The number of piperazine rings is 1. The summed E-state index contributed by atoms with van der Waals surface area (Å²) < 4.78 is 0. The van der Waals surface area contributed by atoms with Crippen LogP contribution in [0.15, 0.2) is 24.3 Å². The Kier molecular flexibility index (Phi) is 11.3. The van der Waals surface area contributed by atoms with Crippen LogP contribution in [-0.4, -0.2) is 55.1 Å². The van der Waals surface area contributed by atoms with Crippen molar-refractivity contribution in [2.45, 2.75) is 52.1 Å². The van der Waals surface area contributed by atoms with Crippen LogP contribution in [0.4, 0.5) is 5.69 Å². The molecule has 0 unspecified atom stereocenters. The Hall–Kier alpha value is -1.01. The molecular weight excluding hydrogens is 383 g/mol. The Bertz CT molecular complexity index is 554. The molecule has 0 radical (unpaired) electrons. The minimum Gasteiger partial charge on any atom is -0.369 e. The molecule has 0 saturated carbocycles. The number of hydrogen-bond donors (Lipinski definition) is 2. The van der Waals surface area contributed by atoms with Gasteiger partial charge in [-0.3, -0.25) is 9.69 Å². The lowest BCUT2D eigenvalue weighted by Gasteiger charge is -2.38. The van der Waals surface area contributed by atoms with Crippen molar-refractivity contribution in [1.29, 1.82) is 0 Å². The molecule has 0 bridgehead atoms. The van der Waals surface area contributed by atoms with Gasteiger partial charge < -0.3 is 16.0 Å². The van der Waals surface area contributed by atoms with E-state index in [9.17, 15) is 4.79 Å². The van der Waals surface area contributed by atoms with E-state index in [1.165, 1.54) is 5.69 Å². The zero-order valence-corrected chi connectivity index (χ0v) is 18.7. The van der Waals surface area contributed by atoms with Crippen molar-refractivity contribution < 1.29 is 4.79 Å². The van der Waals surface area contributed by atoms with Crippen molar-refractivity contribution in [3.63, 3.8) is 0 Å². The SMILES string of the molecule is CCC(N)(CC)CNC(=O)c1ccc(N2CCN(C(C)C)CC2)cc1.Cl.Cl. The molecule has 0 atom stereocenters. The third-order valence-electron chi connectivity index (χ3n) is 5.55. The first-order valence-electron chi connectivity index (χ1n) is 9.54. The summed E-state index contributed by atoms with van der Waals surface area (Å²) in [5, 5.41) is 2.97. The Morgan fingerprint density at radius 2 is 1.59 bits per heavy atom. The van der Waals surface area contributed by atoms with Crippen molar-refractivity contribution in [2.75, 3.05) is 37.6 Å². The molecule has 1 amide bonds. The van der Waals surface area contributed by atoms with Crippen LogP contribution in [0, 0.1) is 0 Å². The molecule has 1 aliphatic rings. The average Bonchev–Trinajstić information content (AvgIpc) is 2.66. The number of rotatable bonds is 7. The maximum atomic E-state index is 12.3. The summed E-state index contributed by atoms with van der Waals surface area (Å²) in [6.45, 7) is 13.4. The van der Waals surface area contributed by atoms with Gasteiger partial charge in [0.05, 0.1) is 0 Å². The predicted molar refractivity (Wildman–Crippen MR) is 120 cm³/mol. The van der Waals surface area contributed by atoms with Gasteiger partial charge in [-0.2, -0.15) is 0 Å². The van der Waals surface area contributed by atoms with Gasteiger partial charge in [-0.1, -0.05) is 13.8 Å². The minimum absolute atomic E-state index is 0. The third-order valence-corrected chi connectivity index (χ3v) is 5.55. The van der Waals surface area contributed by atoms with Gasteiger partial charge in [0.2, 0.25) is 0 Å². The maximum Gasteiger partial charge on any atom is 0.251 e. The minimum atomic E-state index is -0.314. The topological polar surface area (TPSA) is 61.6 Å². The highest BCUT2D eigenvalue weighted by molar-refractivity contribution is 5.94. The van der Waals surface area contributed by atoms with Gasteiger partial charge in [0.25, 0.3) is 5.91 Å². The fourth-order valence-corrected chi connectivity index (χ4v) is 3.18. The molecule has 1 aromatic rings. The number of carbonyl (C=O) groups excluding carboxylic acids is 1. The summed E-state index contributed by atoms with van der Waals surface area (Å²) >= 11 is 0. The Balaban J connectivity index is 0.00000338. The van der Waals surface area contributed by atoms with E-state index in [0.717, 1.165) is 39.0 Å². The Morgan fingerprint density at radius 1 is 1.07 bits per heavy atom. The predicted octanol–water partition coefficient (Wildman–Crippen LogP) is 3.31. The molecule has 156 valence electrons. The number of nitrogens with one attached hydrogen (secondary N) is 1. The standard InChI is InChI=1S/C20H34N4O.2ClH/c1-5-20(21,6-2)15-22-19(25)17-7-9-18(10-8-17)24-13-11-23(12-14-24)16(3)4;;/h7-10,16H,5-6,11-15,21H2,1-4H3,(H,22,25);2*1H. The maximum absolute atomic E-state index is 12.3. The molecule has 5 nitrogen and oxygen atoms in total. The summed E-state index contributed by atoms with van der Waals surface area (Å²) in [7, 11) is 0. The van der Waals surface area contributed by atoms with Gasteiger partial charge in [-0.25, -0.2) is 0 Å². The van der Waals surface area contributed by atoms with E-state index in [2.05, 4.69) is 54.9 Å². The van der Waals surface area contributed by atoms with Gasteiger partial charge in [-0.05, 0) is 51.0 Å². The van der Waals surface area contributed by atoms with Gasteiger partial charge in [0.15, 0.2) is 0 Å². The van der Waals surface area contributed by atoms with Crippen LogP contribution in [0.2, 0.25) is 0 Å². The zero-order chi connectivity index (χ0) is 18.4. The lowest BCUT2D eigenvalue weighted by atomic mass is 9.94. The molecule has 0 aromatic heterocycles. The number of nitrogens with two attached hydrogens (primary N) is 1. The van der Waals surface area contributed by atoms with E-state index in [4.69, 9.17) is 5.73 Å². The second-order valence-corrected chi connectivity index (χ2v) is 7.42. The van der Waals surface area contributed by atoms with E-state index >= 15 is 0 Å². The van der Waals surface area contributed by atoms with Crippen LogP contribution < -0.4 is 16.0 Å². The highest BCUT2D eigenvalue weighted by Gasteiger charge is 2.22. The summed E-state index contributed by atoms with van der Waals surface area (Å²) in [6, 6.07) is 8.53. The molecule has 3 N–H and O–H groups in total. The monoisotopic (exact) mass is 418 g/mol. The molecule has 1 fully saturated rings. The quantitative estimate of drug-likeness (QED) is 0.712. The van der Waals surface area contributed by atoms with Gasteiger partial charge in [-0.15, -0.1) is 24.8 Å². The van der Waals surface area contributed by atoms with Crippen molar-refractivity contribution in [3.05, 3.63) is 29.8 Å². The number of benzene rings is 1. The summed E-state index contributed by atoms with van der Waals surface area (Å²) in [5.74, 6) is -0.0482. The van der Waals surface area contributed by atoms with Crippen LogP contribution in [0.1, 0.15) is 50.9 Å². The van der Waals surface area contributed by atoms with E-state index in [-0.39, 0.29) is 36.3 Å². The van der Waals surface area contributed by atoms with E-state index < -0.39 is 0 Å². The molecule has 7 heteroatoms. The molecule has 27 heavy (non-hydrogen) atoms. The molecule has 1 aromatic carbocycles. The van der Waals surface area contributed by atoms with E-state index in [0.29, 0.717) is 18.2 Å². The summed E-state index contributed by atoms with van der Waals surface area (Å²) in [5.41, 5.74) is 7.82. The van der Waals surface area contributed by atoms with Crippen molar-refractivity contribution in [2.24, 2.45) is 5.73 Å². The first-order valence-corrected chi connectivity index (χ1v) is 9.54. The van der Waals surface area contributed by atoms with Crippen LogP contribution in [0.3, 0.4) is 0 Å². The Labute approximate surface area is 176 Å². The van der Waals surface area contributed by atoms with Crippen LogP contribution in [0.25, 0.3) is 0 Å². The lowest BCUT2D eigenvalue weighted by molar-refractivity contribution is 0.0942. The molecule has 0 spiro atoms. The number of nitrogens with zero attached hydrogens (tertiary/aromatic N) is 2. The smallest absolute Gasteiger partial charge is 0.251 e. The van der Waals surface area contributed by atoms with Crippen molar-refractivity contribution >= 4 is 36.4 Å². The number of anilines is 1. The first kappa shape index (κ1) is 26.0. The average molecular weight is 419 g/mol. The zero-order valence-electron chi connectivity index (χ0n) is 17.0. The number of hydrogen-bond acceptors (Lipinski definition) is 4. The van der Waals surface area contributed by atoms with Gasteiger partial charge in [0, 0.05) is 55.6 Å². The molecule has 1 saturated heterocycles. The number of amides is 1. The van der Waals surface area contributed by atoms with Crippen molar-refractivity contribution in [1.82, 2.24) is 10.2 Å². The third kappa shape index (κ3) is 7.15. The van der Waals surface area contributed by atoms with Crippen LogP contribution in [0.5, 0.6) is 0 Å². The largest absolute Gasteiger partial charge is 0.369 e. The first-order chi connectivity index (χ1) is 11.9. The fourth-order valence-electron chi connectivity index (χ4n) is 3.18. The normalized spacial score (nSPS) is 15.1. The number of halogens is 2. The fraction of sp³-hybridized carbons (Fsp3) is 0.650. The molecule has 2 rings (SSSR count). The summed E-state index contributed by atoms with van der Waals surface area (Å²) in [6.07, 6.45) is 1.70. The number of carbonyl (C=O) groups is 1. The second-order valence-electron chi connectivity index (χ2n) is 7.42. The molecule has 0 aliphatic carbocycles. The lowest BCUT2D eigenvalue weighted by Crippen LogP contribution is -2.49. The van der Waals surface area contributed by atoms with E-state index in [1.807, 2.05) is 12.1 Å². The highest BCUT2D eigenvalue weighted by atomic mass is 35.5. The summed E-state index contributed by atoms with van der Waals surface area (Å²) in [4.78, 5) is 17.2. The Morgan fingerprint density at radius 3 is 2.04 bits per heavy atom. The van der Waals surface area contributed by atoms with E-state index in [1.54, 1.807) is 0 Å². The van der Waals surface area contributed by atoms with Gasteiger partial charge in [0.1, 0.15) is 0 Å². The molecule has 1 aliphatic heterocycles. The highest BCUT2D eigenvalue weighted by Crippen LogP contribution is 2.18. The van der Waals surface area contributed by atoms with Crippen LogP contribution >= 0.6 is 24.8 Å². The van der Waals surface area contributed by atoms with Crippen LogP contribution in [-0.2, 0) is 0 Å². The van der Waals surface area contributed by atoms with Crippen molar-refractivity contribution in [3.8, 4) is 0 Å². The molecular formula is C20H36Cl2N4O. The second kappa shape index (κ2) is 11.7. The van der Waals surface area contributed by atoms with Gasteiger partial charge >= 0.3 is 0 Å².